The number of hydrogen-bond donors (Lipinski definition) is 0. The average molecular weight is 369 g/mol. The van der Waals surface area contributed by atoms with E-state index in [0.717, 1.165) is 18.5 Å². The fourth-order valence-corrected chi connectivity index (χ4v) is 3.32. The third kappa shape index (κ3) is 3.74. The fraction of sp³-hybridized carbons (Fsp3) is 0.368. The van der Waals surface area contributed by atoms with Crippen LogP contribution in [0.4, 0.5) is 4.39 Å². The number of likely N-dealkylation sites (tertiary alicyclic amines) is 1. The molecule has 8 heteroatoms. The summed E-state index contributed by atoms with van der Waals surface area (Å²) >= 11 is 0. The van der Waals surface area contributed by atoms with Gasteiger partial charge >= 0.3 is 0 Å². The van der Waals surface area contributed by atoms with Crippen LogP contribution >= 0.6 is 0 Å². The number of rotatable bonds is 4. The van der Waals surface area contributed by atoms with Crippen molar-refractivity contribution in [1.82, 2.24) is 24.5 Å². The van der Waals surface area contributed by atoms with E-state index < -0.39 is 0 Å². The van der Waals surface area contributed by atoms with E-state index in [0.29, 0.717) is 31.2 Å². The molecule has 1 fully saturated rings. The second-order valence-electron chi connectivity index (χ2n) is 6.79. The molecule has 0 radical (unpaired) electrons. The Balaban J connectivity index is 1.43. The van der Waals surface area contributed by atoms with E-state index in [-0.39, 0.29) is 23.5 Å². The minimum Gasteiger partial charge on any atom is -0.493 e. The standard InChI is InChI=1S/C19H20FN5O2/c1-13-7-9-25-17(22-23-19(25)21-13)18(26)24-8-3-4-14(11-24)12-27-16-6-2-5-15(20)10-16/h2,5-7,9-10,14H,3-4,8,11-12H2,1H3/t14-/m0/s1. The van der Waals surface area contributed by atoms with Gasteiger partial charge in [0.1, 0.15) is 11.6 Å². The number of amides is 1. The Bertz CT molecular complexity index is 974. The van der Waals surface area contributed by atoms with Crippen LogP contribution in [-0.4, -0.2) is 50.1 Å². The van der Waals surface area contributed by atoms with Crippen LogP contribution < -0.4 is 4.74 Å². The lowest BCUT2D eigenvalue weighted by molar-refractivity contribution is 0.0620. The largest absolute Gasteiger partial charge is 0.493 e. The topological polar surface area (TPSA) is 72.6 Å². The Hall–Kier alpha value is -3.03. The molecule has 2 aromatic heterocycles. The zero-order valence-electron chi connectivity index (χ0n) is 15.0. The quantitative estimate of drug-likeness (QED) is 0.707. The summed E-state index contributed by atoms with van der Waals surface area (Å²) in [6.07, 6.45) is 3.61. The van der Waals surface area contributed by atoms with Gasteiger partial charge in [-0.1, -0.05) is 6.07 Å². The molecule has 7 nitrogen and oxygen atoms in total. The Kier molecular flexibility index (Phi) is 4.70. The smallest absolute Gasteiger partial charge is 0.292 e. The second kappa shape index (κ2) is 7.30. The van der Waals surface area contributed by atoms with Crippen LogP contribution in [0.25, 0.3) is 5.78 Å². The number of fused-ring (bicyclic) bond motifs is 1. The number of ether oxygens (including phenoxy) is 1. The van der Waals surface area contributed by atoms with Crippen molar-refractivity contribution in [3.05, 3.63) is 53.9 Å². The maximum absolute atomic E-state index is 13.3. The van der Waals surface area contributed by atoms with Gasteiger partial charge in [0.2, 0.25) is 5.82 Å². The zero-order valence-corrected chi connectivity index (χ0v) is 15.0. The molecule has 0 N–H and O–H groups in total. The van der Waals surface area contributed by atoms with Crippen molar-refractivity contribution in [2.75, 3.05) is 19.7 Å². The first-order chi connectivity index (χ1) is 13.1. The molecule has 1 amide bonds. The zero-order chi connectivity index (χ0) is 18.8. The molecule has 0 bridgehead atoms. The predicted molar refractivity (Wildman–Crippen MR) is 96.0 cm³/mol. The number of benzene rings is 1. The van der Waals surface area contributed by atoms with Gasteiger partial charge in [-0.05, 0) is 38.0 Å². The van der Waals surface area contributed by atoms with Gasteiger partial charge in [0.25, 0.3) is 11.7 Å². The lowest BCUT2D eigenvalue weighted by Gasteiger charge is -2.32. The molecule has 3 heterocycles. The summed E-state index contributed by atoms with van der Waals surface area (Å²) in [7, 11) is 0. The van der Waals surface area contributed by atoms with Crippen LogP contribution in [0.1, 0.15) is 29.2 Å². The predicted octanol–water partition coefficient (Wildman–Crippen LogP) is 2.50. The van der Waals surface area contributed by atoms with Crippen LogP contribution in [0.15, 0.2) is 36.5 Å². The summed E-state index contributed by atoms with van der Waals surface area (Å²) in [6, 6.07) is 7.91. The Morgan fingerprint density at radius 1 is 1.33 bits per heavy atom. The summed E-state index contributed by atoms with van der Waals surface area (Å²) in [6.45, 7) is 3.55. The number of halogens is 1. The van der Waals surface area contributed by atoms with Gasteiger partial charge in [0.15, 0.2) is 0 Å². The molecule has 1 aromatic carbocycles. The van der Waals surface area contributed by atoms with Crippen molar-refractivity contribution >= 4 is 11.7 Å². The Morgan fingerprint density at radius 2 is 2.22 bits per heavy atom. The molecular weight excluding hydrogens is 349 g/mol. The second-order valence-corrected chi connectivity index (χ2v) is 6.79. The van der Waals surface area contributed by atoms with E-state index in [2.05, 4.69) is 15.2 Å². The van der Waals surface area contributed by atoms with Crippen LogP contribution in [0, 0.1) is 18.7 Å². The van der Waals surface area contributed by atoms with Gasteiger partial charge in [-0.15, -0.1) is 10.2 Å². The lowest BCUT2D eigenvalue weighted by Crippen LogP contribution is -2.42. The van der Waals surface area contributed by atoms with Crippen LogP contribution in [0.5, 0.6) is 5.75 Å². The maximum Gasteiger partial charge on any atom is 0.292 e. The molecule has 1 atom stereocenters. The number of aryl methyl sites for hydroxylation is 1. The van der Waals surface area contributed by atoms with Crippen molar-refractivity contribution in [2.45, 2.75) is 19.8 Å². The van der Waals surface area contributed by atoms with Crippen molar-refractivity contribution in [2.24, 2.45) is 5.92 Å². The first kappa shape index (κ1) is 17.4. The summed E-state index contributed by atoms with van der Waals surface area (Å²) < 4.78 is 20.6. The first-order valence-corrected chi connectivity index (χ1v) is 8.96. The van der Waals surface area contributed by atoms with Gasteiger partial charge in [0, 0.05) is 37.0 Å². The third-order valence-electron chi connectivity index (χ3n) is 4.70. The molecule has 3 aromatic rings. The molecule has 4 rings (SSSR count). The highest BCUT2D eigenvalue weighted by Gasteiger charge is 2.28. The molecule has 1 aliphatic heterocycles. The minimum atomic E-state index is -0.324. The average Bonchev–Trinajstić information content (AvgIpc) is 3.09. The Labute approximate surface area is 155 Å². The van der Waals surface area contributed by atoms with Crippen LogP contribution in [-0.2, 0) is 0 Å². The summed E-state index contributed by atoms with van der Waals surface area (Å²) in [5, 5.41) is 8.02. The highest BCUT2D eigenvalue weighted by molar-refractivity contribution is 5.91. The highest BCUT2D eigenvalue weighted by atomic mass is 19.1. The summed E-state index contributed by atoms with van der Waals surface area (Å²) in [5.41, 5.74) is 0.821. The molecule has 0 aliphatic carbocycles. The molecular formula is C19H20FN5O2. The van der Waals surface area contributed by atoms with Gasteiger partial charge in [-0.2, -0.15) is 0 Å². The number of hydrogen-bond acceptors (Lipinski definition) is 5. The Morgan fingerprint density at radius 3 is 3.07 bits per heavy atom. The van der Waals surface area contributed by atoms with E-state index >= 15 is 0 Å². The molecule has 27 heavy (non-hydrogen) atoms. The van der Waals surface area contributed by atoms with E-state index in [4.69, 9.17) is 4.74 Å². The summed E-state index contributed by atoms with van der Waals surface area (Å²) in [4.78, 5) is 19.0. The first-order valence-electron chi connectivity index (χ1n) is 8.96. The van der Waals surface area contributed by atoms with E-state index in [1.54, 1.807) is 27.6 Å². The van der Waals surface area contributed by atoms with E-state index in [9.17, 15) is 9.18 Å². The molecule has 0 spiro atoms. The minimum absolute atomic E-state index is 0.163. The molecule has 0 unspecified atom stereocenters. The summed E-state index contributed by atoms with van der Waals surface area (Å²) in [5.74, 6) is 0.888. The molecule has 140 valence electrons. The monoisotopic (exact) mass is 369 g/mol. The number of carbonyl (C=O) groups is 1. The number of carbonyl (C=O) groups excluding carboxylic acids is 1. The van der Waals surface area contributed by atoms with Gasteiger partial charge in [0.05, 0.1) is 6.61 Å². The maximum atomic E-state index is 13.3. The number of aromatic nitrogens is 4. The normalized spacial score (nSPS) is 17.3. The van der Waals surface area contributed by atoms with E-state index in [1.807, 2.05) is 13.0 Å². The lowest BCUT2D eigenvalue weighted by atomic mass is 9.99. The highest BCUT2D eigenvalue weighted by Crippen LogP contribution is 2.21. The molecule has 1 saturated heterocycles. The van der Waals surface area contributed by atoms with Gasteiger partial charge in [-0.3, -0.25) is 9.20 Å². The molecule has 0 saturated carbocycles. The number of piperidine rings is 1. The SMILES string of the molecule is Cc1ccn2c(C(=O)N3CCC[C@H](COc4cccc(F)c4)C3)nnc2n1. The van der Waals surface area contributed by atoms with Crippen LogP contribution in [0.2, 0.25) is 0 Å². The van der Waals surface area contributed by atoms with Crippen molar-refractivity contribution in [3.63, 3.8) is 0 Å². The van der Waals surface area contributed by atoms with Crippen molar-refractivity contribution < 1.29 is 13.9 Å². The number of nitrogens with zero attached hydrogens (tertiary/aromatic N) is 5. The van der Waals surface area contributed by atoms with Crippen LogP contribution in [0.3, 0.4) is 0 Å². The van der Waals surface area contributed by atoms with Gasteiger partial charge < -0.3 is 9.64 Å². The van der Waals surface area contributed by atoms with Crippen molar-refractivity contribution in [1.29, 1.82) is 0 Å². The van der Waals surface area contributed by atoms with E-state index in [1.165, 1.54) is 12.1 Å². The molecule has 1 aliphatic rings. The third-order valence-corrected chi connectivity index (χ3v) is 4.70. The van der Waals surface area contributed by atoms with Gasteiger partial charge in [-0.25, -0.2) is 9.37 Å². The van der Waals surface area contributed by atoms with Crippen molar-refractivity contribution in [3.8, 4) is 5.75 Å². The fourth-order valence-electron chi connectivity index (χ4n) is 3.32.